The van der Waals surface area contributed by atoms with Gasteiger partial charge in [-0.05, 0) is 31.2 Å². The molecule has 0 aliphatic rings. The molecule has 6 nitrogen and oxygen atoms in total. The van der Waals surface area contributed by atoms with Crippen LogP contribution in [0.2, 0.25) is 5.02 Å². The Balaban J connectivity index is 1.74. The van der Waals surface area contributed by atoms with Crippen LogP contribution in [0.5, 0.6) is 0 Å². The molecule has 0 aliphatic carbocycles. The fourth-order valence-electron chi connectivity index (χ4n) is 2.35. The zero-order valence-corrected chi connectivity index (χ0v) is 14.6. The fourth-order valence-corrected chi connectivity index (χ4v) is 3.44. The normalized spacial score (nSPS) is 10.8. The first-order valence-electron chi connectivity index (χ1n) is 7.08. The standard InChI is InChI=1S/C16H14ClN3O3S/c1-9-14(15(22)23-2)24-16(18-9)19-13(21)8-20-6-5-10-7-11(17)3-4-12(10)20/h3-7H,8H2,1-2H3,(H,18,19,21). The van der Waals surface area contributed by atoms with Gasteiger partial charge in [0.1, 0.15) is 11.4 Å². The molecule has 1 aromatic carbocycles. The van der Waals surface area contributed by atoms with Crippen LogP contribution in [-0.4, -0.2) is 28.5 Å². The summed E-state index contributed by atoms with van der Waals surface area (Å²) in [4.78, 5) is 28.4. The van der Waals surface area contributed by atoms with Crippen LogP contribution in [0.15, 0.2) is 30.5 Å². The number of aromatic nitrogens is 2. The lowest BCUT2D eigenvalue weighted by atomic mass is 10.2. The topological polar surface area (TPSA) is 73.2 Å². The number of hydrogen-bond acceptors (Lipinski definition) is 5. The minimum atomic E-state index is -0.459. The Hall–Kier alpha value is -2.38. The molecule has 8 heteroatoms. The number of nitrogens with zero attached hydrogens (tertiary/aromatic N) is 2. The summed E-state index contributed by atoms with van der Waals surface area (Å²) in [5.41, 5.74) is 1.45. The number of esters is 1. The molecule has 0 atom stereocenters. The van der Waals surface area contributed by atoms with E-state index in [1.54, 1.807) is 13.0 Å². The number of hydrogen-bond donors (Lipinski definition) is 1. The quantitative estimate of drug-likeness (QED) is 0.720. The summed E-state index contributed by atoms with van der Waals surface area (Å²) in [7, 11) is 1.31. The van der Waals surface area contributed by atoms with E-state index in [1.165, 1.54) is 7.11 Å². The molecule has 0 bridgehead atoms. The number of amides is 1. The molecule has 2 aromatic heterocycles. The van der Waals surface area contributed by atoms with Crippen molar-refractivity contribution >= 4 is 50.8 Å². The van der Waals surface area contributed by atoms with Crippen LogP contribution in [-0.2, 0) is 16.1 Å². The first-order chi connectivity index (χ1) is 11.5. The first kappa shape index (κ1) is 16.5. The summed E-state index contributed by atoms with van der Waals surface area (Å²) in [5, 5.41) is 4.70. The number of nitrogens with one attached hydrogen (secondary N) is 1. The highest BCUT2D eigenvalue weighted by molar-refractivity contribution is 7.17. The minimum Gasteiger partial charge on any atom is -0.465 e. The maximum Gasteiger partial charge on any atom is 0.350 e. The lowest BCUT2D eigenvalue weighted by molar-refractivity contribution is -0.116. The van der Waals surface area contributed by atoms with Gasteiger partial charge >= 0.3 is 5.97 Å². The molecule has 0 aliphatic heterocycles. The molecular weight excluding hydrogens is 350 g/mol. The summed E-state index contributed by atoms with van der Waals surface area (Å²) < 4.78 is 6.50. The van der Waals surface area contributed by atoms with Gasteiger partial charge in [-0.3, -0.25) is 4.79 Å². The number of methoxy groups -OCH3 is 1. The Labute approximate surface area is 147 Å². The third kappa shape index (κ3) is 3.27. The van der Waals surface area contributed by atoms with Crippen LogP contribution < -0.4 is 5.32 Å². The van der Waals surface area contributed by atoms with Crippen molar-refractivity contribution in [2.75, 3.05) is 12.4 Å². The van der Waals surface area contributed by atoms with Crippen molar-refractivity contribution in [3.05, 3.63) is 46.1 Å². The second-order valence-electron chi connectivity index (χ2n) is 5.12. The van der Waals surface area contributed by atoms with E-state index in [0.717, 1.165) is 22.2 Å². The molecule has 0 radical (unpaired) electrons. The number of rotatable bonds is 4. The Morgan fingerprint density at radius 3 is 2.92 bits per heavy atom. The van der Waals surface area contributed by atoms with Crippen molar-refractivity contribution in [1.82, 2.24) is 9.55 Å². The predicted octanol–water partition coefficient (Wildman–Crippen LogP) is 3.48. The highest BCUT2D eigenvalue weighted by Gasteiger charge is 2.17. The van der Waals surface area contributed by atoms with E-state index >= 15 is 0 Å². The van der Waals surface area contributed by atoms with Crippen molar-refractivity contribution in [2.45, 2.75) is 13.5 Å². The van der Waals surface area contributed by atoms with Crippen LogP contribution in [0, 0.1) is 6.92 Å². The number of halogens is 1. The number of thiazole rings is 1. The number of benzene rings is 1. The highest BCUT2D eigenvalue weighted by atomic mass is 35.5. The van der Waals surface area contributed by atoms with Crippen LogP contribution in [0.1, 0.15) is 15.4 Å². The number of carbonyl (C=O) groups excluding carboxylic acids is 2. The number of carbonyl (C=O) groups is 2. The van der Waals surface area contributed by atoms with Gasteiger partial charge in [0.25, 0.3) is 0 Å². The molecule has 2 heterocycles. The van der Waals surface area contributed by atoms with Crippen molar-refractivity contribution in [3.63, 3.8) is 0 Å². The molecule has 0 fully saturated rings. The van der Waals surface area contributed by atoms with Gasteiger partial charge < -0.3 is 14.6 Å². The van der Waals surface area contributed by atoms with E-state index in [0.29, 0.717) is 20.7 Å². The predicted molar refractivity (Wildman–Crippen MR) is 93.8 cm³/mol. The number of ether oxygens (including phenoxy) is 1. The van der Waals surface area contributed by atoms with Gasteiger partial charge in [-0.25, -0.2) is 9.78 Å². The molecule has 0 saturated carbocycles. The molecule has 24 heavy (non-hydrogen) atoms. The van der Waals surface area contributed by atoms with Crippen molar-refractivity contribution in [3.8, 4) is 0 Å². The molecule has 1 N–H and O–H groups in total. The van der Waals surface area contributed by atoms with E-state index in [9.17, 15) is 9.59 Å². The minimum absolute atomic E-state index is 0.136. The van der Waals surface area contributed by atoms with E-state index in [-0.39, 0.29) is 12.5 Å². The average Bonchev–Trinajstić information content (AvgIpc) is 3.10. The van der Waals surface area contributed by atoms with Gasteiger partial charge in [0.05, 0.1) is 12.8 Å². The Morgan fingerprint density at radius 1 is 1.38 bits per heavy atom. The van der Waals surface area contributed by atoms with E-state index < -0.39 is 5.97 Å². The Morgan fingerprint density at radius 2 is 2.17 bits per heavy atom. The maximum atomic E-state index is 12.2. The molecule has 124 valence electrons. The van der Waals surface area contributed by atoms with Gasteiger partial charge in [-0.15, -0.1) is 0 Å². The molecule has 0 unspecified atom stereocenters. The summed E-state index contributed by atoms with van der Waals surface area (Å²) >= 11 is 7.06. The zero-order valence-electron chi connectivity index (χ0n) is 13.0. The van der Waals surface area contributed by atoms with Gasteiger partial charge in [0.2, 0.25) is 5.91 Å². The maximum absolute atomic E-state index is 12.2. The largest absolute Gasteiger partial charge is 0.465 e. The fraction of sp³-hybridized carbons (Fsp3) is 0.188. The lowest BCUT2D eigenvalue weighted by Crippen LogP contribution is -2.18. The van der Waals surface area contributed by atoms with Crippen molar-refractivity contribution in [2.24, 2.45) is 0 Å². The van der Waals surface area contributed by atoms with Crippen LogP contribution in [0.4, 0.5) is 5.13 Å². The second-order valence-corrected chi connectivity index (χ2v) is 6.56. The molecule has 1 amide bonds. The zero-order chi connectivity index (χ0) is 17.3. The highest BCUT2D eigenvalue weighted by Crippen LogP contribution is 2.24. The second kappa shape index (κ2) is 6.62. The SMILES string of the molecule is COC(=O)c1sc(NC(=O)Cn2ccc3cc(Cl)ccc32)nc1C. The number of aryl methyl sites for hydroxylation is 1. The van der Waals surface area contributed by atoms with Gasteiger partial charge in [0, 0.05) is 22.1 Å². The van der Waals surface area contributed by atoms with Crippen LogP contribution in [0.25, 0.3) is 10.9 Å². The molecule has 3 aromatic rings. The Kier molecular flexibility index (Phi) is 4.55. The molecule has 0 spiro atoms. The van der Waals surface area contributed by atoms with Crippen molar-refractivity contribution in [1.29, 1.82) is 0 Å². The summed E-state index contributed by atoms with van der Waals surface area (Å²) in [6.07, 6.45) is 1.83. The van der Waals surface area contributed by atoms with Crippen LogP contribution in [0.3, 0.4) is 0 Å². The van der Waals surface area contributed by atoms with Crippen LogP contribution >= 0.6 is 22.9 Å². The van der Waals surface area contributed by atoms with Gasteiger partial charge in [-0.1, -0.05) is 22.9 Å². The third-order valence-electron chi connectivity index (χ3n) is 3.46. The first-order valence-corrected chi connectivity index (χ1v) is 8.27. The third-order valence-corrected chi connectivity index (χ3v) is 4.75. The molecular formula is C16H14ClN3O3S. The Bertz CT molecular complexity index is 932. The van der Waals surface area contributed by atoms with E-state index in [1.807, 2.05) is 29.0 Å². The monoisotopic (exact) mass is 363 g/mol. The molecule has 3 rings (SSSR count). The number of fused-ring (bicyclic) bond motifs is 1. The van der Waals surface area contributed by atoms with E-state index in [4.69, 9.17) is 11.6 Å². The lowest BCUT2D eigenvalue weighted by Gasteiger charge is -2.05. The summed E-state index contributed by atoms with van der Waals surface area (Å²) in [6, 6.07) is 7.40. The number of anilines is 1. The van der Waals surface area contributed by atoms with Gasteiger partial charge in [-0.2, -0.15) is 0 Å². The van der Waals surface area contributed by atoms with Crippen molar-refractivity contribution < 1.29 is 14.3 Å². The smallest absolute Gasteiger partial charge is 0.350 e. The molecule has 0 saturated heterocycles. The van der Waals surface area contributed by atoms with Gasteiger partial charge in [0.15, 0.2) is 5.13 Å². The summed E-state index contributed by atoms with van der Waals surface area (Å²) in [6.45, 7) is 1.83. The van der Waals surface area contributed by atoms with E-state index in [2.05, 4.69) is 15.0 Å². The average molecular weight is 364 g/mol. The summed E-state index contributed by atoms with van der Waals surface area (Å²) in [5.74, 6) is -0.689.